The summed E-state index contributed by atoms with van der Waals surface area (Å²) in [7, 11) is 0. The predicted octanol–water partition coefficient (Wildman–Crippen LogP) is 3.54. The van der Waals surface area contributed by atoms with Crippen molar-refractivity contribution in [2.75, 3.05) is 49.9 Å². The van der Waals surface area contributed by atoms with Gasteiger partial charge in [0.25, 0.3) is 0 Å². The summed E-state index contributed by atoms with van der Waals surface area (Å²) in [6.07, 6.45) is 0.415. The molecule has 0 bridgehead atoms. The monoisotopic (exact) mass is 428 g/mol. The molecule has 160 valence electrons. The summed E-state index contributed by atoms with van der Waals surface area (Å²) in [6.45, 7) is 8.45. The first-order chi connectivity index (χ1) is 14.4. The number of piperazine rings is 1. The molecule has 6 nitrogen and oxygen atoms in total. The number of anilines is 2. The molecule has 1 fully saturated rings. The van der Waals surface area contributed by atoms with E-state index in [9.17, 15) is 9.59 Å². The highest BCUT2D eigenvalue weighted by Gasteiger charge is 2.20. The van der Waals surface area contributed by atoms with E-state index in [1.807, 2.05) is 44.2 Å². The lowest BCUT2D eigenvalue weighted by molar-refractivity contribution is -0.117. The van der Waals surface area contributed by atoms with Gasteiger partial charge < -0.3 is 15.5 Å². The van der Waals surface area contributed by atoms with Crippen LogP contribution in [0.15, 0.2) is 42.5 Å². The van der Waals surface area contributed by atoms with Crippen molar-refractivity contribution in [2.24, 2.45) is 0 Å². The normalized spacial score (nSPS) is 15.0. The first-order valence-electron chi connectivity index (χ1n) is 10.3. The van der Waals surface area contributed by atoms with Crippen LogP contribution in [0.1, 0.15) is 17.5 Å². The van der Waals surface area contributed by atoms with Crippen molar-refractivity contribution >= 4 is 34.8 Å². The van der Waals surface area contributed by atoms with Crippen LogP contribution in [0.2, 0.25) is 5.02 Å². The van der Waals surface area contributed by atoms with Crippen LogP contribution < -0.4 is 10.6 Å². The Bertz CT molecular complexity index is 895. The van der Waals surface area contributed by atoms with E-state index in [-0.39, 0.29) is 11.8 Å². The Hall–Kier alpha value is -2.41. The molecule has 2 amide bonds. The van der Waals surface area contributed by atoms with E-state index in [1.54, 1.807) is 12.1 Å². The molecule has 1 aliphatic heterocycles. The molecule has 3 rings (SSSR count). The van der Waals surface area contributed by atoms with E-state index >= 15 is 0 Å². The number of hydrogen-bond acceptors (Lipinski definition) is 4. The number of benzene rings is 2. The first kappa shape index (κ1) is 22.3. The van der Waals surface area contributed by atoms with Crippen molar-refractivity contribution in [3.63, 3.8) is 0 Å². The lowest BCUT2D eigenvalue weighted by Gasteiger charge is -2.34. The molecular formula is C23H29ClN4O2. The second-order valence-electron chi connectivity index (χ2n) is 7.69. The fraction of sp³-hybridized carbons (Fsp3) is 0.391. The molecule has 2 aromatic rings. The molecule has 7 heteroatoms. The van der Waals surface area contributed by atoms with E-state index in [4.69, 9.17) is 11.6 Å². The predicted molar refractivity (Wildman–Crippen MR) is 122 cm³/mol. The smallest absolute Gasteiger partial charge is 0.238 e. The highest BCUT2D eigenvalue weighted by molar-refractivity contribution is 6.33. The van der Waals surface area contributed by atoms with E-state index in [2.05, 4.69) is 20.4 Å². The number of carbonyl (C=O) groups excluding carboxylic acids is 2. The number of halogens is 1. The fourth-order valence-electron chi connectivity index (χ4n) is 3.49. The van der Waals surface area contributed by atoms with Gasteiger partial charge in [-0.2, -0.15) is 0 Å². The van der Waals surface area contributed by atoms with Crippen LogP contribution in [0.3, 0.4) is 0 Å². The summed E-state index contributed by atoms with van der Waals surface area (Å²) in [6, 6.07) is 13.2. The zero-order valence-electron chi connectivity index (χ0n) is 17.6. The van der Waals surface area contributed by atoms with Gasteiger partial charge in [-0.05, 0) is 43.2 Å². The van der Waals surface area contributed by atoms with Gasteiger partial charge >= 0.3 is 0 Å². The van der Waals surface area contributed by atoms with Gasteiger partial charge in [-0.1, -0.05) is 35.9 Å². The summed E-state index contributed by atoms with van der Waals surface area (Å²) in [5, 5.41) is 6.42. The second kappa shape index (κ2) is 10.6. The van der Waals surface area contributed by atoms with Crippen molar-refractivity contribution in [1.29, 1.82) is 0 Å². The number of rotatable bonds is 7. The fourth-order valence-corrected chi connectivity index (χ4v) is 3.67. The second-order valence-corrected chi connectivity index (χ2v) is 8.10. The molecule has 0 aromatic heterocycles. The number of amides is 2. The quantitative estimate of drug-likeness (QED) is 0.708. The Morgan fingerprint density at radius 2 is 1.50 bits per heavy atom. The summed E-state index contributed by atoms with van der Waals surface area (Å²) >= 11 is 6.08. The van der Waals surface area contributed by atoms with E-state index in [1.165, 1.54) is 5.56 Å². The summed E-state index contributed by atoms with van der Waals surface area (Å²) in [5.74, 6) is -0.0327. The molecule has 0 atom stereocenters. The molecule has 0 saturated carbocycles. The Morgan fingerprint density at radius 1 is 0.867 bits per heavy atom. The number of para-hydroxylation sites is 1. The molecule has 1 heterocycles. The average Bonchev–Trinajstić information content (AvgIpc) is 2.72. The molecule has 2 aromatic carbocycles. The molecule has 0 unspecified atom stereocenters. The Balaban J connectivity index is 1.37. The minimum atomic E-state index is -0.0431. The molecular weight excluding hydrogens is 400 g/mol. The van der Waals surface area contributed by atoms with Crippen molar-refractivity contribution in [2.45, 2.75) is 20.3 Å². The number of aryl methyl sites for hydroxylation is 1. The highest BCUT2D eigenvalue weighted by Crippen LogP contribution is 2.20. The minimum absolute atomic E-state index is 0.0104. The summed E-state index contributed by atoms with van der Waals surface area (Å²) < 4.78 is 0. The minimum Gasteiger partial charge on any atom is -0.325 e. The standard InChI is InChI=1S/C23H29ClN4O2/c1-17-6-5-9-20(18(17)2)25-23(30)16-28-14-12-27(13-15-28)11-10-22(29)26-21-8-4-3-7-19(21)24/h3-9H,10-16H2,1-2H3,(H,25,30)(H,26,29). The zero-order valence-corrected chi connectivity index (χ0v) is 18.3. The maximum Gasteiger partial charge on any atom is 0.238 e. The van der Waals surface area contributed by atoms with Gasteiger partial charge in [-0.3, -0.25) is 14.5 Å². The SMILES string of the molecule is Cc1cccc(NC(=O)CN2CCN(CCC(=O)Nc3ccccc3Cl)CC2)c1C. The van der Waals surface area contributed by atoms with Crippen LogP contribution in [-0.4, -0.2) is 60.9 Å². The molecule has 1 aliphatic rings. The van der Waals surface area contributed by atoms with E-state index < -0.39 is 0 Å². The van der Waals surface area contributed by atoms with Crippen molar-refractivity contribution < 1.29 is 9.59 Å². The lowest BCUT2D eigenvalue weighted by atomic mass is 10.1. The molecule has 0 radical (unpaired) electrons. The number of carbonyl (C=O) groups is 2. The van der Waals surface area contributed by atoms with Gasteiger partial charge in [0.15, 0.2) is 0 Å². The van der Waals surface area contributed by atoms with Crippen LogP contribution in [0, 0.1) is 13.8 Å². The van der Waals surface area contributed by atoms with Crippen LogP contribution in [0.5, 0.6) is 0 Å². The summed E-state index contributed by atoms with van der Waals surface area (Å²) in [5.41, 5.74) is 3.79. The lowest BCUT2D eigenvalue weighted by Crippen LogP contribution is -2.49. The maximum atomic E-state index is 12.4. The molecule has 2 N–H and O–H groups in total. The number of hydrogen-bond donors (Lipinski definition) is 2. The number of nitrogens with one attached hydrogen (secondary N) is 2. The highest BCUT2D eigenvalue weighted by atomic mass is 35.5. The van der Waals surface area contributed by atoms with Crippen LogP contribution in [0.25, 0.3) is 0 Å². The van der Waals surface area contributed by atoms with Crippen molar-refractivity contribution in [3.05, 3.63) is 58.6 Å². The Kier molecular flexibility index (Phi) is 7.85. The van der Waals surface area contributed by atoms with Crippen molar-refractivity contribution in [1.82, 2.24) is 9.80 Å². The van der Waals surface area contributed by atoms with Crippen LogP contribution >= 0.6 is 11.6 Å². The van der Waals surface area contributed by atoms with Gasteiger partial charge in [0.2, 0.25) is 11.8 Å². The molecule has 0 aliphatic carbocycles. The van der Waals surface area contributed by atoms with Gasteiger partial charge in [-0.15, -0.1) is 0 Å². The zero-order chi connectivity index (χ0) is 21.5. The Labute approximate surface area is 183 Å². The third-order valence-corrected chi connectivity index (χ3v) is 5.84. The summed E-state index contributed by atoms with van der Waals surface area (Å²) in [4.78, 5) is 29.0. The van der Waals surface area contributed by atoms with Gasteiger partial charge in [0, 0.05) is 44.8 Å². The first-order valence-corrected chi connectivity index (χ1v) is 10.7. The average molecular weight is 429 g/mol. The molecule has 1 saturated heterocycles. The van der Waals surface area contributed by atoms with Crippen LogP contribution in [-0.2, 0) is 9.59 Å². The topological polar surface area (TPSA) is 64.7 Å². The number of nitrogens with zero attached hydrogens (tertiary/aromatic N) is 2. The largest absolute Gasteiger partial charge is 0.325 e. The van der Waals surface area contributed by atoms with Gasteiger partial charge in [0.1, 0.15) is 0 Å². The third kappa shape index (κ3) is 6.29. The Morgan fingerprint density at radius 3 is 2.23 bits per heavy atom. The third-order valence-electron chi connectivity index (χ3n) is 5.51. The van der Waals surface area contributed by atoms with Crippen LogP contribution in [0.4, 0.5) is 11.4 Å². The maximum absolute atomic E-state index is 12.4. The molecule has 0 spiro atoms. The van der Waals surface area contributed by atoms with E-state index in [0.29, 0.717) is 30.2 Å². The van der Waals surface area contributed by atoms with Gasteiger partial charge in [0.05, 0.1) is 17.3 Å². The molecule has 30 heavy (non-hydrogen) atoms. The van der Waals surface area contributed by atoms with E-state index in [0.717, 1.165) is 37.4 Å². The van der Waals surface area contributed by atoms with Crippen molar-refractivity contribution in [3.8, 4) is 0 Å². The van der Waals surface area contributed by atoms with Gasteiger partial charge in [-0.25, -0.2) is 0 Å².